The van der Waals surface area contributed by atoms with Crippen LogP contribution in [0.25, 0.3) is 0 Å². The van der Waals surface area contributed by atoms with E-state index in [9.17, 15) is 13.6 Å². The standard InChI is InChI=1S/C12H15F2NO/c1-7(2)8(6-15)12(16)11-9(13)4-3-5-10(11)14/h3-5,7-8H,6,15H2,1-2H3. The monoisotopic (exact) mass is 227 g/mol. The van der Waals surface area contributed by atoms with Gasteiger partial charge in [-0.25, -0.2) is 8.78 Å². The minimum atomic E-state index is -0.830. The molecule has 0 saturated carbocycles. The normalized spacial score (nSPS) is 12.9. The molecule has 1 unspecified atom stereocenters. The number of ketones is 1. The third-order valence-corrected chi connectivity index (χ3v) is 2.60. The van der Waals surface area contributed by atoms with Crippen molar-refractivity contribution in [2.75, 3.05) is 6.54 Å². The van der Waals surface area contributed by atoms with E-state index in [0.717, 1.165) is 12.1 Å². The van der Waals surface area contributed by atoms with Crippen LogP contribution in [0.15, 0.2) is 18.2 Å². The highest BCUT2D eigenvalue weighted by Gasteiger charge is 2.26. The Morgan fingerprint density at radius 2 is 1.81 bits per heavy atom. The molecule has 88 valence electrons. The maximum Gasteiger partial charge on any atom is 0.173 e. The molecule has 2 nitrogen and oxygen atoms in total. The zero-order valence-electron chi connectivity index (χ0n) is 9.34. The molecule has 0 amide bonds. The second-order valence-corrected chi connectivity index (χ2v) is 4.05. The number of Topliss-reactive ketones (excluding diaryl/α,β-unsaturated/α-hetero) is 1. The summed E-state index contributed by atoms with van der Waals surface area (Å²) in [7, 11) is 0. The van der Waals surface area contributed by atoms with Crippen LogP contribution in [0.3, 0.4) is 0 Å². The molecule has 1 rings (SSSR count). The second kappa shape index (κ2) is 5.16. The minimum Gasteiger partial charge on any atom is -0.330 e. The molecule has 1 aromatic rings. The predicted molar refractivity (Wildman–Crippen MR) is 58.1 cm³/mol. The summed E-state index contributed by atoms with van der Waals surface area (Å²) >= 11 is 0. The molecule has 1 atom stereocenters. The molecule has 0 radical (unpaired) electrons. The summed E-state index contributed by atoms with van der Waals surface area (Å²) in [5.74, 6) is -2.82. The van der Waals surface area contributed by atoms with Crippen molar-refractivity contribution >= 4 is 5.78 Å². The number of halogens is 2. The lowest BCUT2D eigenvalue weighted by molar-refractivity contribution is 0.0883. The molecule has 16 heavy (non-hydrogen) atoms. The summed E-state index contributed by atoms with van der Waals surface area (Å²) < 4.78 is 26.7. The molecule has 0 bridgehead atoms. The van der Waals surface area contributed by atoms with Crippen LogP contribution in [0.4, 0.5) is 8.78 Å². The van der Waals surface area contributed by atoms with Crippen LogP contribution < -0.4 is 5.73 Å². The average molecular weight is 227 g/mol. The van der Waals surface area contributed by atoms with Crippen molar-refractivity contribution in [3.63, 3.8) is 0 Å². The summed E-state index contributed by atoms with van der Waals surface area (Å²) in [6, 6.07) is 3.38. The topological polar surface area (TPSA) is 43.1 Å². The predicted octanol–water partition coefficient (Wildman–Crippen LogP) is 2.38. The third kappa shape index (κ3) is 2.44. The second-order valence-electron chi connectivity index (χ2n) is 4.05. The molecular weight excluding hydrogens is 212 g/mol. The van der Waals surface area contributed by atoms with Gasteiger partial charge in [0.2, 0.25) is 0 Å². The van der Waals surface area contributed by atoms with E-state index in [0.29, 0.717) is 0 Å². The Morgan fingerprint density at radius 3 is 2.19 bits per heavy atom. The zero-order chi connectivity index (χ0) is 12.3. The summed E-state index contributed by atoms with van der Waals surface area (Å²) in [6.45, 7) is 3.69. The number of nitrogens with two attached hydrogens (primary N) is 1. The van der Waals surface area contributed by atoms with Crippen molar-refractivity contribution in [2.24, 2.45) is 17.6 Å². The highest BCUT2D eigenvalue weighted by atomic mass is 19.1. The summed E-state index contributed by atoms with van der Waals surface area (Å²) in [5.41, 5.74) is 4.97. The first kappa shape index (κ1) is 12.8. The number of hydrogen-bond acceptors (Lipinski definition) is 2. The van der Waals surface area contributed by atoms with Gasteiger partial charge >= 0.3 is 0 Å². The van der Waals surface area contributed by atoms with Crippen LogP contribution in [0.2, 0.25) is 0 Å². The summed E-state index contributed by atoms with van der Waals surface area (Å²) in [4.78, 5) is 11.9. The molecule has 0 aliphatic carbocycles. The van der Waals surface area contributed by atoms with E-state index < -0.39 is 28.9 Å². The summed E-state index contributed by atoms with van der Waals surface area (Å²) in [5, 5.41) is 0. The van der Waals surface area contributed by atoms with Gasteiger partial charge < -0.3 is 5.73 Å². The first-order valence-electron chi connectivity index (χ1n) is 5.17. The van der Waals surface area contributed by atoms with Gasteiger partial charge in [0.25, 0.3) is 0 Å². The van der Waals surface area contributed by atoms with Gasteiger partial charge in [-0.3, -0.25) is 4.79 Å². The quantitative estimate of drug-likeness (QED) is 0.802. The van der Waals surface area contributed by atoms with Crippen LogP contribution in [0, 0.1) is 23.5 Å². The van der Waals surface area contributed by atoms with Crippen LogP contribution in [-0.4, -0.2) is 12.3 Å². The number of carbonyl (C=O) groups excluding carboxylic acids is 1. The molecule has 0 aliphatic heterocycles. The lowest BCUT2D eigenvalue weighted by atomic mass is 9.87. The Kier molecular flexibility index (Phi) is 4.12. The SMILES string of the molecule is CC(C)C(CN)C(=O)c1c(F)cccc1F. The Labute approximate surface area is 93.5 Å². The molecule has 4 heteroatoms. The van der Waals surface area contributed by atoms with Gasteiger partial charge in [0.05, 0.1) is 5.56 Å². The van der Waals surface area contributed by atoms with E-state index in [-0.39, 0.29) is 12.5 Å². The lowest BCUT2D eigenvalue weighted by Gasteiger charge is -2.17. The fourth-order valence-electron chi connectivity index (χ4n) is 1.60. The van der Waals surface area contributed by atoms with E-state index in [1.54, 1.807) is 13.8 Å². The molecule has 0 heterocycles. The van der Waals surface area contributed by atoms with E-state index in [1.165, 1.54) is 6.07 Å². The van der Waals surface area contributed by atoms with E-state index in [4.69, 9.17) is 5.73 Å². The minimum absolute atomic E-state index is 0.0449. The maximum atomic E-state index is 13.4. The molecule has 2 N–H and O–H groups in total. The Bertz CT molecular complexity index is 370. The van der Waals surface area contributed by atoms with Crippen molar-refractivity contribution in [1.82, 2.24) is 0 Å². The Morgan fingerprint density at radius 1 is 1.31 bits per heavy atom. The average Bonchev–Trinajstić information content (AvgIpc) is 2.17. The first-order chi connectivity index (χ1) is 7.49. The van der Waals surface area contributed by atoms with Gasteiger partial charge in [0.15, 0.2) is 5.78 Å². The molecule has 1 aromatic carbocycles. The van der Waals surface area contributed by atoms with Gasteiger partial charge in [-0.05, 0) is 18.1 Å². The molecule has 0 spiro atoms. The van der Waals surface area contributed by atoms with Crippen LogP contribution in [0.5, 0.6) is 0 Å². The van der Waals surface area contributed by atoms with Crippen molar-refractivity contribution in [1.29, 1.82) is 0 Å². The maximum absolute atomic E-state index is 13.4. The molecule has 0 fully saturated rings. The number of hydrogen-bond donors (Lipinski definition) is 1. The van der Waals surface area contributed by atoms with Gasteiger partial charge in [-0.2, -0.15) is 0 Å². The van der Waals surface area contributed by atoms with E-state index in [2.05, 4.69) is 0 Å². The van der Waals surface area contributed by atoms with Crippen LogP contribution >= 0.6 is 0 Å². The fourth-order valence-corrected chi connectivity index (χ4v) is 1.60. The third-order valence-electron chi connectivity index (χ3n) is 2.60. The van der Waals surface area contributed by atoms with Gasteiger partial charge in [-0.1, -0.05) is 19.9 Å². The van der Waals surface area contributed by atoms with Gasteiger partial charge in [0.1, 0.15) is 11.6 Å². The number of rotatable bonds is 4. The molecule has 0 saturated heterocycles. The van der Waals surface area contributed by atoms with Gasteiger partial charge in [-0.15, -0.1) is 0 Å². The summed E-state index contributed by atoms with van der Waals surface area (Å²) in [6.07, 6.45) is 0. The van der Waals surface area contributed by atoms with Crippen molar-refractivity contribution in [3.8, 4) is 0 Å². The van der Waals surface area contributed by atoms with Crippen molar-refractivity contribution in [3.05, 3.63) is 35.4 Å². The van der Waals surface area contributed by atoms with Crippen molar-refractivity contribution in [2.45, 2.75) is 13.8 Å². The van der Waals surface area contributed by atoms with E-state index in [1.807, 2.05) is 0 Å². The molecule has 0 aromatic heterocycles. The number of carbonyl (C=O) groups is 1. The van der Waals surface area contributed by atoms with E-state index >= 15 is 0 Å². The van der Waals surface area contributed by atoms with Crippen molar-refractivity contribution < 1.29 is 13.6 Å². The highest BCUT2D eigenvalue weighted by Crippen LogP contribution is 2.20. The number of benzene rings is 1. The smallest absolute Gasteiger partial charge is 0.173 e. The fraction of sp³-hybridized carbons (Fsp3) is 0.417. The first-order valence-corrected chi connectivity index (χ1v) is 5.17. The highest BCUT2D eigenvalue weighted by molar-refractivity contribution is 5.98. The zero-order valence-corrected chi connectivity index (χ0v) is 9.34. The van der Waals surface area contributed by atoms with Crippen LogP contribution in [0.1, 0.15) is 24.2 Å². The van der Waals surface area contributed by atoms with Crippen LogP contribution in [-0.2, 0) is 0 Å². The van der Waals surface area contributed by atoms with Gasteiger partial charge in [0, 0.05) is 12.5 Å². The largest absolute Gasteiger partial charge is 0.330 e. The molecular formula is C12H15F2NO. The Balaban J connectivity index is 3.13. The Hall–Kier alpha value is -1.29. The molecule has 0 aliphatic rings. The lowest BCUT2D eigenvalue weighted by Crippen LogP contribution is -2.29.